The van der Waals surface area contributed by atoms with E-state index in [1.807, 2.05) is 6.92 Å². The molecule has 0 heterocycles. The maximum Gasteiger partial charge on any atom is 0.231 e. The van der Waals surface area contributed by atoms with E-state index in [9.17, 15) is 10.1 Å². The summed E-state index contributed by atoms with van der Waals surface area (Å²) < 4.78 is 0. The van der Waals surface area contributed by atoms with E-state index < -0.39 is 5.54 Å². The molecule has 0 spiro atoms. The van der Waals surface area contributed by atoms with E-state index in [0.717, 1.165) is 19.5 Å². The van der Waals surface area contributed by atoms with Gasteiger partial charge in [0.05, 0.1) is 6.54 Å². The SMILES string of the molecule is CCCC(C)(CNCCNC1CCCCC1)[N+](=O)[O-]. The van der Waals surface area contributed by atoms with Gasteiger partial charge in [-0.2, -0.15) is 0 Å². The van der Waals surface area contributed by atoms with Crippen LogP contribution < -0.4 is 10.6 Å². The Kier molecular flexibility index (Phi) is 7.31. The molecule has 0 aromatic carbocycles. The Morgan fingerprint density at radius 1 is 1.26 bits per heavy atom. The molecule has 0 bridgehead atoms. The third-order valence-electron chi connectivity index (χ3n) is 4.08. The van der Waals surface area contributed by atoms with Gasteiger partial charge in [0.1, 0.15) is 0 Å². The third kappa shape index (κ3) is 5.87. The van der Waals surface area contributed by atoms with Crippen molar-refractivity contribution in [1.82, 2.24) is 10.6 Å². The van der Waals surface area contributed by atoms with E-state index in [1.165, 1.54) is 32.1 Å². The van der Waals surface area contributed by atoms with E-state index in [1.54, 1.807) is 6.92 Å². The standard InChI is InChI=1S/C14H29N3O2/c1-3-9-14(2,17(18)19)12-15-10-11-16-13-7-5-4-6-8-13/h13,15-16H,3-12H2,1-2H3. The second kappa shape index (κ2) is 8.48. The van der Waals surface area contributed by atoms with Gasteiger partial charge >= 0.3 is 0 Å². The van der Waals surface area contributed by atoms with Crippen molar-refractivity contribution in [3.63, 3.8) is 0 Å². The minimum Gasteiger partial charge on any atom is -0.313 e. The second-order valence-corrected chi connectivity index (χ2v) is 5.97. The molecule has 0 aromatic rings. The average Bonchev–Trinajstić information content (AvgIpc) is 2.39. The number of hydrogen-bond acceptors (Lipinski definition) is 4. The van der Waals surface area contributed by atoms with Crippen LogP contribution in [0.5, 0.6) is 0 Å². The molecule has 1 atom stereocenters. The Hall–Kier alpha value is -0.680. The summed E-state index contributed by atoms with van der Waals surface area (Å²) in [5.41, 5.74) is -0.820. The van der Waals surface area contributed by atoms with Gasteiger partial charge in [-0.3, -0.25) is 10.1 Å². The predicted molar refractivity (Wildman–Crippen MR) is 78.1 cm³/mol. The maximum atomic E-state index is 11.1. The van der Waals surface area contributed by atoms with Crippen molar-refractivity contribution in [2.24, 2.45) is 0 Å². The number of hydrogen-bond donors (Lipinski definition) is 2. The van der Waals surface area contributed by atoms with Crippen molar-refractivity contribution in [3.05, 3.63) is 10.1 Å². The molecule has 19 heavy (non-hydrogen) atoms. The van der Waals surface area contributed by atoms with Crippen LogP contribution in [-0.2, 0) is 0 Å². The smallest absolute Gasteiger partial charge is 0.231 e. The van der Waals surface area contributed by atoms with Crippen LogP contribution in [0.2, 0.25) is 0 Å². The van der Waals surface area contributed by atoms with Crippen LogP contribution in [-0.4, -0.2) is 36.1 Å². The second-order valence-electron chi connectivity index (χ2n) is 5.97. The lowest BCUT2D eigenvalue weighted by Gasteiger charge is -2.24. The lowest BCUT2D eigenvalue weighted by molar-refractivity contribution is -0.564. The monoisotopic (exact) mass is 271 g/mol. The molecule has 112 valence electrons. The molecular weight excluding hydrogens is 242 g/mol. The van der Waals surface area contributed by atoms with Gasteiger partial charge in [-0.25, -0.2) is 0 Å². The predicted octanol–water partition coefficient (Wildman–Crippen LogP) is 2.33. The van der Waals surface area contributed by atoms with Crippen LogP contribution >= 0.6 is 0 Å². The van der Waals surface area contributed by atoms with E-state index in [2.05, 4.69) is 10.6 Å². The highest BCUT2D eigenvalue weighted by atomic mass is 16.6. The first kappa shape index (κ1) is 16.4. The molecule has 0 radical (unpaired) electrons. The van der Waals surface area contributed by atoms with Crippen LogP contribution in [0.1, 0.15) is 58.8 Å². The summed E-state index contributed by atoms with van der Waals surface area (Å²) in [6, 6.07) is 0.660. The first-order valence-electron chi connectivity index (χ1n) is 7.67. The van der Waals surface area contributed by atoms with Gasteiger partial charge in [-0.1, -0.05) is 26.2 Å². The summed E-state index contributed by atoms with van der Waals surface area (Å²) in [6.45, 7) is 5.90. The fraction of sp³-hybridized carbons (Fsp3) is 1.00. The van der Waals surface area contributed by atoms with Gasteiger partial charge in [0.2, 0.25) is 5.54 Å². The average molecular weight is 271 g/mol. The number of nitro groups is 1. The Labute approximate surface area is 116 Å². The van der Waals surface area contributed by atoms with Crippen molar-refractivity contribution in [2.75, 3.05) is 19.6 Å². The van der Waals surface area contributed by atoms with Crippen LogP contribution in [0.4, 0.5) is 0 Å². The Morgan fingerprint density at radius 3 is 2.53 bits per heavy atom. The van der Waals surface area contributed by atoms with Gasteiger partial charge in [0.15, 0.2) is 0 Å². The summed E-state index contributed by atoms with van der Waals surface area (Å²) in [5, 5.41) is 17.8. The van der Waals surface area contributed by atoms with Crippen LogP contribution in [0.25, 0.3) is 0 Å². The molecule has 1 unspecified atom stereocenters. The van der Waals surface area contributed by atoms with E-state index in [4.69, 9.17) is 0 Å². The quantitative estimate of drug-likeness (QED) is 0.384. The molecule has 2 N–H and O–H groups in total. The first-order chi connectivity index (χ1) is 9.08. The molecular formula is C14H29N3O2. The van der Waals surface area contributed by atoms with Gasteiger partial charge < -0.3 is 10.6 Å². The van der Waals surface area contributed by atoms with E-state index in [0.29, 0.717) is 19.0 Å². The largest absolute Gasteiger partial charge is 0.313 e. The number of nitrogens with one attached hydrogen (secondary N) is 2. The molecule has 0 saturated heterocycles. The van der Waals surface area contributed by atoms with E-state index >= 15 is 0 Å². The van der Waals surface area contributed by atoms with Gasteiger partial charge in [0.25, 0.3) is 0 Å². The molecule has 1 aliphatic carbocycles. The van der Waals surface area contributed by atoms with Crippen molar-refractivity contribution in [2.45, 2.75) is 70.4 Å². The summed E-state index contributed by atoms with van der Waals surface area (Å²) >= 11 is 0. The molecule has 0 aromatic heterocycles. The third-order valence-corrected chi connectivity index (χ3v) is 4.08. The molecule has 1 aliphatic rings. The number of nitrogens with zero attached hydrogens (tertiary/aromatic N) is 1. The van der Waals surface area contributed by atoms with Crippen molar-refractivity contribution >= 4 is 0 Å². The molecule has 1 rings (SSSR count). The summed E-state index contributed by atoms with van der Waals surface area (Å²) in [5.74, 6) is 0. The fourth-order valence-corrected chi connectivity index (χ4v) is 2.81. The molecule has 5 nitrogen and oxygen atoms in total. The highest BCUT2D eigenvalue weighted by Gasteiger charge is 2.35. The van der Waals surface area contributed by atoms with Crippen LogP contribution in [0.3, 0.4) is 0 Å². The zero-order valence-corrected chi connectivity index (χ0v) is 12.4. The summed E-state index contributed by atoms with van der Waals surface area (Å²) in [7, 11) is 0. The summed E-state index contributed by atoms with van der Waals surface area (Å²) in [4.78, 5) is 10.9. The van der Waals surface area contributed by atoms with Crippen molar-refractivity contribution in [1.29, 1.82) is 0 Å². The Bertz CT molecular complexity index is 267. The molecule has 1 saturated carbocycles. The molecule has 0 amide bonds. The van der Waals surface area contributed by atoms with Crippen LogP contribution in [0.15, 0.2) is 0 Å². The number of rotatable bonds is 9. The summed E-state index contributed by atoms with van der Waals surface area (Å²) in [6.07, 6.45) is 8.07. The zero-order valence-electron chi connectivity index (χ0n) is 12.4. The fourth-order valence-electron chi connectivity index (χ4n) is 2.81. The zero-order chi connectivity index (χ0) is 14.1. The highest BCUT2D eigenvalue weighted by Crippen LogP contribution is 2.17. The lowest BCUT2D eigenvalue weighted by Crippen LogP contribution is -2.46. The van der Waals surface area contributed by atoms with Gasteiger partial charge in [-0.15, -0.1) is 0 Å². The normalized spacial score (nSPS) is 20.1. The maximum absolute atomic E-state index is 11.1. The lowest BCUT2D eigenvalue weighted by atomic mass is 9.95. The Balaban J connectivity index is 2.12. The molecule has 1 fully saturated rings. The van der Waals surface area contributed by atoms with Gasteiger partial charge in [-0.05, 0) is 19.3 Å². The molecule has 5 heteroatoms. The van der Waals surface area contributed by atoms with Gasteiger partial charge in [0, 0.05) is 37.4 Å². The first-order valence-corrected chi connectivity index (χ1v) is 7.67. The topological polar surface area (TPSA) is 67.2 Å². The minimum atomic E-state index is -0.820. The molecule has 0 aliphatic heterocycles. The Morgan fingerprint density at radius 2 is 1.95 bits per heavy atom. The minimum absolute atomic E-state index is 0.141. The highest BCUT2D eigenvalue weighted by molar-refractivity contribution is 4.77. The van der Waals surface area contributed by atoms with Crippen molar-refractivity contribution in [3.8, 4) is 0 Å². The van der Waals surface area contributed by atoms with Crippen LogP contribution in [0, 0.1) is 10.1 Å². The van der Waals surface area contributed by atoms with Crippen molar-refractivity contribution < 1.29 is 4.92 Å². The van der Waals surface area contributed by atoms with E-state index in [-0.39, 0.29) is 4.92 Å².